The van der Waals surface area contributed by atoms with Gasteiger partial charge in [-0.15, -0.1) is 11.3 Å². The Labute approximate surface area is 86.8 Å². The van der Waals surface area contributed by atoms with Crippen LogP contribution in [0.5, 0.6) is 0 Å². The maximum absolute atomic E-state index is 4.30. The average molecular weight is 205 g/mol. The molecule has 2 rings (SSSR count). The molecule has 2 aromatic heterocycles. The Morgan fingerprint density at radius 2 is 2.14 bits per heavy atom. The van der Waals surface area contributed by atoms with E-state index in [4.69, 9.17) is 0 Å². The van der Waals surface area contributed by atoms with E-state index in [1.165, 1.54) is 0 Å². The van der Waals surface area contributed by atoms with E-state index < -0.39 is 0 Å². The van der Waals surface area contributed by atoms with E-state index in [2.05, 4.69) is 15.3 Å². The third kappa shape index (κ3) is 1.97. The number of hydrogen-bond donors (Lipinski definition) is 1. The van der Waals surface area contributed by atoms with Gasteiger partial charge in [-0.1, -0.05) is 6.07 Å². The molecule has 2 heterocycles. The van der Waals surface area contributed by atoms with Gasteiger partial charge in [0, 0.05) is 24.5 Å². The topological polar surface area (TPSA) is 37.8 Å². The van der Waals surface area contributed by atoms with E-state index in [1.54, 1.807) is 11.3 Å². The second-order valence-corrected chi connectivity index (χ2v) is 3.87. The standard InChI is InChI=1S/C10H11N3S/c1-11-5-8-6-12-10(13-7-8)9-3-2-4-14-9/h2-4,6-7,11H,5H2,1H3. The molecule has 0 bridgehead atoms. The molecule has 0 aromatic carbocycles. The van der Waals surface area contributed by atoms with Gasteiger partial charge in [-0.2, -0.15) is 0 Å². The first-order valence-corrected chi connectivity index (χ1v) is 5.27. The van der Waals surface area contributed by atoms with Crippen LogP contribution in [0.25, 0.3) is 10.7 Å². The van der Waals surface area contributed by atoms with Crippen LogP contribution in [0.4, 0.5) is 0 Å². The largest absolute Gasteiger partial charge is 0.316 e. The number of nitrogens with zero attached hydrogens (tertiary/aromatic N) is 2. The van der Waals surface area contributed by atoms with Crippen LogP contribution in [0.15, 0.2) is 29.9 Å². The highest BCUT2D eigenvalue weighted by molar-refractivity contribution is 7.13. The fourth-order valence-corrected chi connectivity index (χ4v) is 1.85. The summed E-state index contributed by atoms with van der Waals surface area (Å²) >= 11 is 1.65. The first kappa shape index (κ1) is 9.30. The molecule has 0 fully saturated rings. The summed E-state index contributed by atoms with van der Waals surface area (Å²) in [5, 5.41) is 5.09. The minimum atomic E-state index is 0.805. The Morgan fingerprint density at radius 1 is 1.36 bits per heavy atom. The molecular formula is C10H11N3S. The zero-order valence-electron chi connectivity index (χ0n) is 7.90. The summed E-state index contributed by atoms with van der Waals surface area (Å²) in [7, 11) is 1.91. The predicted octanol–water partition coefficient (Wildman–Crippen LogP) is 1.92. The SMILES string of the molecule is CNCc1cnc(-c2cccs2)nc1. The zero-order valence-corrected chi connectivity index (χ0v) is 8.71. The zero-order chi connectivity index (χ0) is 9.80. The number of aromatic nitrogens is 2. The molecule has 1 N–H and O–H groups in total. The molecule has 3 nitrogen and oxygen atoms in total. The summed E-state index contributed by atoms with van der Waals surface area (Å²) in [6.45, 7) is 0.810. The van der Waals surface area contributed by atoms with Crippen LogP contribution >= 0.6 is 11.3 Å². The predicted molar refractivity (Wildman–Crippen MR) is 58.1 cm³/mol. The summed E-state index contributed by atoms with van der Waals surface area (Å²) in [5.74, 6) is 0.805. The minimum absolute atomic E-state index is 0.805. The van der Waals surface area contributed by atoms with E-state index in [-0.39, 0.29) is 0 Å². The van der Waals surface area contributed by atoms with Gasteiger partial charge in [-0.25, -0.2) is 9.97 Å². The van der Waals surface area contributed by atoms with Crippen molar-refractivity contribution in [2.45, 2.75) is 6.54 Å². The Hall–Kier alpha value is -1.26. The normalized spacial score (nSPS) is 10.4. The Kier molecular flexibility index (Phi) is 2.86. The van der Waals surface area contributed by atoms with Gasteiger partial charge in [0.1, 0.15) is 0 Å². The molecule has 2 aromatic rings. The summed E-state index contributed by atoms with van der Waals surface area (Å²) < 4.78 is 0. The molecule has 0 radical (unpaired) electrons. The highest BCUT2D eigenvalue weighted by atomic mass is 32.1. The number of nitrogens with one attached hydrogen (secondary N) is 1. The van der Waals surface area contributed by atoms with Gasteiger partial charge in [0.15, 0.2) is 5.82 Å². The molecule has 0 unspecified atom stereocenters. The van der Waals surface area contributed by atoms with Crippen molar-refractivity contribution in [3.8, 4) is 10.7 Å². The maximum Gasteiger partial charge on any atom is 0.169 e. The van der Waals surface area contributed by atoms with Crippen molar-refractivity contribution in [2.75, 3.05) is 7.05 Å². The summed E-state index contributed by atoms with van der Waals surface area (Å²) in [6.07, 6.45) is 3.72. The summed E-state index contributed by atoms with van der Waals surface area (Å²) in [4.78, 5) is 9.71. The van der Waals surface area contributed by atoms with Crippen LogP contribution in [0, 0.1) is 0 Å². The van der Waals surface area contributed by atoms with Gasteiger partial charge in [-0.05, 0) is 18.5 Å². The molecule has 0 aliphatic rings. The van der Waals surface area contributed by atoms with E-state index in [1.807, 2.05) is 37.0 Å². The lowest BCUT2D eigenvalue weighted by Gasteiger charge is -1.99. The smallest absolute Gasteiger partial charge is 0.169 e. The van der Waals surface area contributed by atoms with E-state index in [0.717, 1.165) is 22.8 Å². The van der Waals surface area contributed by atoms with Gasteiger partial charge >= 0.3 is 0 Å². The van der Waals surface area contributed by atoms with Crippen LogP contribution in [-0.2, 0) is 6.54 Å². The minimum Gasteiger partial charge on any atom is -0.316 e. The third-order valence-corrected chi connectivity index (χ3v) is 2.69. The van der Waals surface area contributed by atoms with Crippen LogP contribution in [0.3, 0.4) is 0 Å². The average Bonchev–Trinajstić information content (AvgIpc) is 2.72. The lowest BCUT2D eigenvalue weighted by molar-refractivity contribution is 0.807. The van der Waals surface area contributed by atoms with Crippen molar-refractivity contribution in [3.63, 3.8) is 0 Å². The lowest BCUT2D eigenvalue weighted by atomic mass is 10.3. The first-order valence-electron chi connectivity index (χ1n) is 4.39. The lowest BCUT2D eigenvalue weighted by Crippen LogP contribution is -2.05. The van der Waals surface area contributed by atoms with Crippen molar-refractivity contribution >= 4 is 11.3 Å². The van der Waals surface area contributed by atoms with Crippen molar-refractivity contribution in [3.05, 3.63) is 35.5 Å². The number of thiophene rings is 1. The van der Waals surface area contributed by atoms with Gasteiger partial charge in [-0.3, -0.25) is 0 Å². The number of rotatable bonds is 3. The highest BCUT2D eigenvalue weighted by Gasteiger charge is 2.00. The monoisotopic (exact) mass is 205 g/mol. The fourth-order valence-electron chi connectivity index (χ4n) is 1.18. The van der Waals surface area contributed by atoms with Crippen molar-refractivity contribution < 1.29 is 0 Å². The van der Waals surface area contributed by atoms with Crippen LogP contribution in [-0.4, -0.2) is 17.0 Å². The summed E-state index contributed by atoms with van der Waals surface area (Å²) in [5.41, 5.74) is 1.10. The molecule has 0 aliphatic carbocycles. The van der Waals surface area contributed by atoms with Gasteiger partial charge in [0.05, 0.1) is 4.88 Å². The number of hydrogen-bond acceptors (Lipinski definition) is 4. The molecule has 0 saturated heterocycles. The molecule has 0 aliphatic heterocycles. The molecule has 0 amide bonds. The molecule has 72 valence electrons. The Balaban J connectivity index is 2.22. The molecule has 14 heavy (non-hydrogen) atoms. The molecule has 4 heteroatoms. The van der Waals surface area contributed by atoms with Gasteiger partial charge < -0.3 is 5.32 Å². The van der Waals surface area contributed by atoms with Crippen LogP contribution < -0.4 is 5.32 Å². The van der Waals surface area contributed by atoms with Gasteiger partial charge in [0.2, 0.25) is 0 Å². The van der Waals surface area contributed by atoms with Crippen LogP contribution in [0.1, 0.15) is 5.56 Å². The highest BCUT2D eigenvalue weighted by Crippen LogP contribution is 2.19. The van der Waals surface area contributed by atoms with Gasteiger partial charge in [0.25, 0.3) is 0 Å². The van der Waals surface area contributed by atoms with Crippen molar-refractivity contribution in [1.29, 1.82) is 0 Å². The third-order valence-electron chi connectivity index (χ3n) is 1.83. The van der Waals surface area contributed by atoms with Crippen molar-refractivity contribution in [1.82, 2.24) is 15.3 Å². The Bertz CT molecular complexity index is 380. The molecular weight excluding hydrogens is 194 g/mol. The van der Waals surface area contributed by atoms with Crippen molar-refractivity contribution in [2.24, 2.45) is 0 Å². The fraction of sp³-hybridized carbons (Fsp3) is 0.200. The Morgan fingerprint density at radius 3 is 2.71 bits per heavy atom. The van der Waals surface area contributed by atoms with Crippen LogP contribution in [0.2, 0.25) is 0 Å². The quantitative estimate of drug-likeness (QED) is 0.832. The van der Waals surface area contributed by atoms with E-state index >= 15 is 0 Å². The van der Waals surface area contributed by atoms with E-state index in [9.17, 15) is 0 Å². The summed E-state index contributed by atoms with van der Waals surface area (Å²) in [6, 6.07) is 4.03. The molecule has 0 saturated carbocycles. The molecule has 0 atom stereocenters. The maximum atomic E-state index is 4.30. The van der Waals surface area contributed by atoms with E-state index in [0.29, 0.717) is 0 Å². The molecule has 0 spiro atoms. The first-order chi connectivity index (χ1) is 6.90. The second kappa shape index (κ2) is 4.30. The second-order valence-electron chi connectivity index (χ2n) is 2.92.